The molecule has 1 fully saturated rings. The molecule has 0 aromatic heterocycles. The second-order valence-electron chi connectivity index (χ2n) is 5.41. The molecule has 0 radical (unpaired) electrons. The number of piperidine rings is 1. The fourth-order valence-electron chi connectivity index (χ4n) is 2.40. The second kappa shape index (κ2) is 6.06. The molecule has 0 saturated carbocycles. The Labute approximate surface area is 115 Å². The van der Waals surface area contributed by atoms with Crippen LogP contribution in [0.2, 0.25) is 0 Å². The van der Waals surface area contributed by atoms with Crippen LogP contribution in [0.5, 0.6) is 0 Å². The molecular formula is C15H23N3O. The predicted molar refractivity (Wildman–Crippen MR) is 78.7 cm³/mol. The van der Waals surface area contributed by atoms with Crippen LogP contribution in [0.3, 0.4) is 0 Å². The number of carbonyl (C=O) groups excluding carboxylic acids is 1. The molecular weight excluding hydrogens is 238 g/mol. The highest BCUT2D eigenvalue weighted by Gasteiger charge is 2.22. The van der Waals surface area contributed by atoms with E-state index in [1.54, 1.807) is 0 Å². The van der Waals surface area contributed by atoms with Gasteiger partial charge in [0.25, 0.3) is 5.91 Å². The summed E-state index contributed by atoms with van der Waals surface area (Å²) in [5.41, 5.74) is 1.83. The van der Waals surface area contributed by atoms with Gasteiger partial charge in [0, 0.05) is 37.4 Å². The number of hydrogen-bond donors (Lipinski definition) is 2. The fraction of sp³-hybridized carbons (Fsp3) is 0.533. The molecule has 0 aliphatic carbocycles. The highest BCUT2D eigenvalue weighted by Crippen LogP contribution is 2.13. The van der Waals surface area contributed by atoms with Crippen molar-refractivity contribution >= 4 is 11.6 Å². The van der Waals surface area contributed by atoms with Crippen molar-refractivity contribution in [3.63, 3.8) is 0 Å². The molecule has 4 nitrogen and oxygen atoms in total. The van der Waals surface area contributed by atoms with Gasteiger partial charge in [0.1, 0.15) is 0 Å². The Kier molecular flexibility index (Phi) is 4.43. The minimum Gasteiger partial charge on any atom is -0.378 e. The summed E-state index contributed by atoms with van der Waals surface area (Å²) in [7, 11) is 3.98. The minimum atomic E-state index is 0.0193. The normalized spacial score (nSPS) is 22.9. The van der Waals surface area contributed by atoms with Crippen LogP contribution in [0.25, 0.3) is 0 Å². The van der Waals surface area contributed by atoms with Crippen LogP contribution in [0.15, 0.2) is 24.3 Å². The topological polar surface area (TPSA) is 44.4 Å². The van der Waals surface area contributed by atoms with E-state index in [-0.39, 0.29) is 11.9 Å². The number of anilines is 1. The van der Waals surface area contributed by atoms with Crippen LogP contribution >= 0.6 is 0 Å². The average Bonchev–Trinajstić information content (AvgIpc) is 2.41. The van der Waals surface area contributed by atoms with Crippen molar-refractivity contribution in [1.29, 1.82) is 0 Å². The molecule has 19 heavy (non-hydrogen) atoms. The summed E-state index contributed by atoms with van der Waals surface area (Å²) in [6.45, 7) is 3.17. The average molecular weight is 261 g/mol. The number of carbonyl (C=O) groups is 1. The van der Waals surface area contributed by atoms with Crippen molar-refractivity contribution < 1.29 is 4.79 Å². The Bertz CT molecular complexity index is 428. The summed E-state index contributed by atoms with van der Waals surface area (Å²) in [5.74, 6) is 0.0193. The highest BCUT2D eigenvalue weighted by molar-refractivity contribution is 5.94. The van der Waals surface area contributed by atoms with E-state index < -0.39 is 0 Å². The maximum Gasteiger partial charge on any atom is 0.251 e. The van der Waals surface area contributed by atoms with Gasteiger partial charge < -0.3 is 15.5 Å². The van der Waals surface area contributed by atoms with Crippen molar-refractivity contribution in [2.24, 2.45) is 0 Å². The molecule has 4 heteroatoms. The molecule has 1 aliphatic heterocycles. The lowest BCUT2D eigenvalue weighted by molar-refractivity contribution is 0.0920. The Morgan fingerprint density at radius 2 is 2.00 bits per heavy atom. The van der Waals surface area contributed by atoms with Gasteiger partial charge in [-0.05, 0) is 50.6 Å². The van der Waals surface area contributed by atoms with Crippen LogP contribution in [0.1, 0.15) is 30.1 Å². The first-order chi connectivity index (χ1) is 9.08. The van der Waals surface area contributed by atoms with Crippen molar-refractivity contribution in [2.75, 3.05) is 25.5 Å². The molecule has 1 amide bonds. The van der Waals surface area contributed by atoms with E-state index in [0.29, 0.717) is 6.04 Å². The second-order valence-corrected chi connectivity index (χ2v) is 5.41. The first-order valence-electron chi connectivity index (χ1n) is 6.89. The minimum absolute atomic E-state index is 0.0193. The molecule has 1 aromatic rings. The van der Waals surface area contributed by atoms with Gasteiger partial charge >= 0.3 is 0 Å². The number of amides is 1. The van der Waals surface area contributed by atoms with E-state index in [4.69, 9.17) is 0 Å². The van der Waals surface area contributed by atoms with Crippen LogP contribution in [-0.2, 0) is 0 Å². The van der Waals surface area contributed by atoms with E-state index in [9.17, 15) is 4.79 Å². The molecule has 0 spiro atoms. The van der Waals surface area contributed by atoms with E-state index in [2.05, 4.69) is 17.6 Å². The molecule has 2 atom stereocenters. The van der Waals surface area contributed by atoms with Gasteiger partial charge in [-0.2, -0.15) is 0 Å². The first kappa shape index (κ1) is 13.9. The lowest BCUT2D eigenvalue weighted by Crippen LogP contribution is -2.51. The zero-order valence-corrected chi connectivity index (χ0v) is 11.9. The summed E-state index contributed by atoms with van der Waals surface area (Å²) < 4.78 is 0. The van der Waals surface area contributed by atoms with Crippen LogP contribution < -0.4 is 15.5 Å². The Morgan fingerprint density at radius 3 is 2.58 bits per heavy atom. The molecule has 1 aliphatic rings. The third kappa shape index (κ3) is 3.47. The van der Waals surface area contributed by atoms with Crippen molar-refractivity contribution in [3.8, 4) is 0 Å². The van der Waals surface area contributed by atoms with Gasteiger partial charge in [-0.25, -0.2) is 0 Å². The quantitative estimate of drug-likeness (QED) is 0.869. The van der Waals surface area contributed by atoms with Gasteiger partial charge in [0.15, 0.2) is 0 Å². The van der Waals surface area contributed by atoms with E-state index in [1.165, 1.54) is 0 Å². The van der Waals surface area contributed by atoms with Gasteiger partial charge in [0.05, 0.1) is 0 Å². The number of benzene rings is 1. The number of nitrogens with one attached hydrogen (secondary N) is 2. The van der Waals surface area contributed by atoms with Crippen LogP contribution in [-0.4, -0.2) is 38.6 Å². The summed E-state index contributed by atoms with van der Waals surface area (Å²) in [6.07, 6.45) is 2.17. The molecule has 1 heterocycles. The predicted octanol–water partition coefficient (Wildman–Crippen LogP) is 1.62. The monoisotopic (exact) mass is 261 g/mol. The first-order valence-corrected chi connectivity index (χ1v) is 6.89. The molecule has 0 bridgehead atoms. The molecule has 1 aromatic carbocycles. The lowest BCUT2D eigenvalue weighted by Gasteiger charge is -2.30. The van der Waals surface area contributed by atoms with E-state index >= 15 is 0 Å². The van der Waals surface area contributed by atoms with Crippen LogP contribution in [0.4, 0.5) is 5.69 Å². The smallest absolute Gasteiger partial charge is 0.251 e. The summed E-state index contributed by atoms with van der Waals surface area (Å²) in [4.78, 5) is 14.2. The van der Waals surface area contributed by atoms with Gasteiger partial charge in [-0.15, -0.1) is 0 Å². The van der Waals surface area contributed by atoms with E-state index in [0.717, 1.165) is 30.6 Å². The Hall–Kier alpha value is -1.55. The maximum absolute atomic E-state index is 12.2. The SMILES string of the molecule is CC1NCCCC1NC(=O)c1ccc(N(C)C)cc1. The third-order valence-corrected chi connectivity index (χ3v) is 3.72. The highest BCUT2D eigenvalue weighted by atomic mass is 16.1. The molecule has 2 N–H and O–H groups in total. The number of rotatable bonds is 3. The number of hydrogen-bond acceptors (Lipinski definition) is 3. The molecule has 2 unspecified atom stereocenters. The van der Waals surface area contributed by atoms with Crippen molar-refractivity contribution in [1.82, 2.24) is 10.6 Å². The van der Waals surface area contributed by atoms with Gasteiger partial charge in [0.2, 0.25) is 0 Å². The molecule has 2 rings (SSSR count). The third-order valence-electron chi connectivity index (χ3n) is 3.72. The van der Waals surface area contributed by atoms with Gasteiger partial charge in [-0.1, -0.05) is 0 Å². The standard InChI is InChI=1S/C15H23N3O/c1-11-14(5-4-10-16-11)17-15(19)12-6-8-13(9-7-12)18(2)3/h6-9,11,14,16H,4-5,10H2,1-3H3,(H,17,19). The number of nitrogens with zero attached hydrogens (tertiary/aromatic N) is 1. The Balaban J connectivity index is 1.99. The zero-order valence-electron chi connectivity index (χ0n) is 11.9. The molecule has 104 valence electrons. The molecule has 1 saturated heterocycles. The summed E-state index contributed by atoms with van der Waals surface area (Å²) in [5, 5.41) is 6.51. The Morgan fingerprint density at radius 1 is 1.32 bits per heavy atom. The van der Waals surface area contributed by atoms with Crippen molar-refractivity contribution in [2.45, 2.75) is 31.8 Å². The summed E-state index contributed by atoms with van der Waals surface area (Å²) >= 11 is 0. The van der Waals surface area contributed by atoms with Crippen molar-refractivity contribution in [3.05, 3.63) is 29.8 Å². The largest absolute Gasteiger partial charge is 0.378 e. The maximum atomic E-state index is 12.2. The van der Waals surface area contributed by atoms with Gasteiger partial charge in [-0.3, -0.25) is 4.79 Å². The zero-order chi connectivity index (χ0) is 13.8. The van der Waals surface area contributed by atoms with Crippen LogP contribution in [0, 0.1) is 0 Å². The lowest BCUT2D eigenvalue weighted by atomic mass is 9.99. The summed E-state index contributed by atoms with van der Waals surface area (Å²) in [6, 6.07) is 8.28. The van der Waals surface area contributed by atoms with E-state index in [1.807, 2.05) is 43.3 Å². The fourth-order valence-corrected chi connectivity index (χ4v) is 2.40.